The molecular formula is C14H14BrN3O3. The number of hydrogen-bond acceptors (Lipinski definition) is 3. The van der Waals surface area contributed by atoms with Gasteiger partial charge in [-0.2, -0.15) is 0 Å². The lowest BCUT2D eigenvalue weighted by Gasteiger charge is -2.14. The predicted octanol–water partition coefficient (Wildman–Crippen LogP) is 1.91. The lowest BCUT2D eigenvalue weighted by atomic mass is 10.1. The molecule has 0 bridgehead atoms. The molecule has 7 heteroatoms. The second kappa shape index (κ2) is 6.53. The molecule has 3 N–H and O–H groups in total. The monoisotopic (exact) mass is 351 g/mol. The third kappa shape index (κ3) is 3.91. The van der Waals surface area contributed by atoms with Gasteiger partial charge in [0.25, 0.3) is 5.91 Å². The minimum atomic E-state index is -1.10. The van der Waals surface area contributed by atoms with Gasteiger partial charge in [0.05, 0.1) is 11.9 Å². The number of aromatic amines is 1. The van der Waals surface area contributed by atoms with E-state index in [0.29, 0.717) is 15.7 Å². The van der Waals surface area contributed by atoms with E-state index < -0.39 is 17.9 Å². The molecule has 1 aromatic heterocycles. The second-order valence-electron chi connectivity index (χ2n) is 4.63. The van der Waals surface area contributed by atoms with Crippen molar-refractivity contribution in [2.75, 3.05) is 0 Å². The van der Waals surface area contributed by atoms with Crippen LogP contribution in [-0.4, -0.2) is 33.0 Å². The number of imidazole rings is 1. The van der Waals surface area contributed by atoms with Crippen LogP contribution in [0.1, 0.15) is 21.6 Å². The summed E-state index contributed by atoms with van der Waals surface area (Å²) in [4.78, 5) is 30.2. The number of carbonyl (C=O) groups is 2. The van der Waals surface area contributed by atoms with Crippen molar-refractivity contribution in [2.45, 2.75) is 19.4 Å². The molecule has 0 saturated heterocycles. The van der Waals surface area contributed by atoms with Gasteiger partial charge in [-0.1, -0.05) is 11.6 Å². The quantitative estimate of drug-likeness (QED) is 0.766. The third-order valence-electron chi connectivity index (χ3n) is 2.95. The number of aryl methyl sites for hydroxylation is 1. The van der Waals surface area contributed by atoms with Gasteiger partial charge < -0.3 is 15.4 Å². The minimum absolute atomic E-state index is 0.143. The van der Waals surface area contributed by atoms with Crippen LogP contribution in [0.4, 0.5) is 0 Å². The molecule has 0 aliphatic heterocycles. The highest BCUT2D eigenvalue weighted by Gasteiger charge is 2.22. The fourth-order valence-corrected chi connectivity index (χ4v) is 2.29. The average molecular weight is 352 g/mol. The number of aliphatic carboxylic acids is 1. The van der Waals surface area contributed by atoms with Crippen LogP contribution >= 0.6 is 15.9 Å². The van der Waals surface area contributed by atoms with Crippen LogP contribution in [0.5, 0.6) is 0 Å². The summed E-state index contributed by atoms with van der Waals surface area (Å²) >= 11 is 3.29. The second-order valence-corrected chi connectivity index (χ2v) is 5.48. The number of aromatic nitrogens is 2. The molecule has 0 aliphatic rings. The van der Waals surface area contributed by atoms with Crippen molar-refractivity contribution in [3.63, 3.8) is 0 Å². The zero-order valence-corrected chi connectivity index (χ0v) is 12.8. The van der Waals surface area contributed by atoms with Gasteiger partial charge in [-0.05, 0) is 35.0 Å². The van der Waals surface area contributed by atoms with Gasteiger partial charge in [-0.25, -0.2) is 9.78 Å². The van der Waals surface area contributed by atoms with Crippen LogP contribution in [0.25, 0.3) is 0 Å². The topological polar surface area (TPSA) is 95.1 Å². The Hall–Kier alpha value is -2.15. The first-order valence-corrected chi connectivity index (χ1v) is 7.03. The number of carbonyl (C=O) groups excluding carboxylic acids is 1. The minimum Gasteiger partial charge on any atom is -0.480 e. The van der Waals surface area contributed by atoms with Crippen LogP contribution in [-0.2, 0) is 11.2 Å². The molecule has 1 amide bonds. The maximum Gasteiger partial charge on any atom is 0.326 e. The molecule has 6 nitrogen and oxygen atoms in total. The highest BCUT2D eigenvalue weighted by atomic mass is 79.9. The lowest BCUT2D eigenvalue weighted by Crippen LogP contribution is -2.42. The van der Waals surface area contributed by atoms with Crippen molar-refractivity contribution >= 4 is 27.8 Å². The maximum absolute atomic E-state index is 12.2. The summed E-state index contributed by atoms with van der Waals surface area (Å²) in [6.45, 7) is 1.86. The van der Waals surface area contributed by atoms with E-state index in [1.165, 1.54) is 12.5 Å². The number of carboxylic acids is 1. The SMILES string of the molecule is Cc1ccc(Br)c(C(=O)NC(Cc2cnc[nH]2)C(=O)O)c1. The van der Waals surface area contributed by atoms with E-state index in [9.17, 15) is 14.7 Å². The van der Waals surface area contributed by atoms with Crippen LogP contribution in [0.15, 0.2) is 35.2 Å². The number of halogens is 1. The Morgan fingerprint density at radius 2 is 2.24 bits per heavy atom. The molecule has 110 valence electrons. The molecule has 1 unspecified atom stereocenters. The average Bonchev–Trinajstić information content (AvgIpc) is 2.93. The summed E-state index contributed by atoms with van der Waals surface area (Å²) in [6.07, 6.45) is 3.14. The number of hydrogen-bond donors (Lipinski definition) is 3. The Morgan fingerprint density at radius 3 is 2.86 bits per heavy atom. The van der Waals surface area contributed by atoms with Crippen molar-refractivity contribution in [2.24, 2.45) is 0 Å². The van der Waals surface area contributed by atoms with E-state index in [1.54, 1.807) is 12.1 Å². The van der Waals surface area contributed by atoms with E-state index in [1.807, 2.05) is 13.0 Å². The molecule has 2 rings (SSSR count). The molecule has 1 heterocycles. The van der Waals surface area contributed by atoms with Gasteiger partial charge in [0.15, 0.2) is 0 Å². The maximum atomic E-state index is 12.2. The number of benzene rings is 1. The summed E-state index contributed by atoms with van der Waals surface area (Å²) < 4.78 is 0.622. The van der Waals surface area contributed by atoms with Gasteiger partial charge in [0, 0.05) is 22.8 Å². The number of nitrogens with zero attached hydrogens (tertiary/aromatic N) is 1. The first kappa shape index (κ1) is 15.2. The van der Waals surface area contributed by atoms with Crippen molar-refractivity contribution < 1.29 is 14.7 Å². The van der Waals surface area contributed by atoms with E-state index in [-0.39, 0.29) is 6.42 Å². The largest absolute Gasteiger partial charge is 0.480 e. The van der Waals surface area contributed by atoms with E-state index >= 15 is 0 Å². The first-order chi connectivity index (χ1) is 9.97. The molecule has 21 heavy (non-hydrogen) atoms. The zero-order valence-electron chi connectivity index (χ0n) is 11.3. The fraction of sp³-hybridized carbons (Fsp3) is 0.214. The highest BCUT2D eigenvalue weighted by molar-refractivity contribution is 9.10. The normalized spacial score (nSPS) is 11.9. The number of amides is 1. The van der Waals surface area contributed by atoms with Gasteiger partial charge in [0.1, 0.15) is 6.04 Å². The lowest BCUT2D eigenvalue weighted by molar-refractivity contribution is -0.139. The smallest absolute Gasteiger partial charge is 0.326 e. The highest BCUT2D eigenvalue weighted by Crippen LogP contribution is 2.18. The van der Waals surface area contributed by atoms with Crippen LogP contribution in [0, 0.1) is 6.92 Å². The third-order valence-corrected chi connectivity index (χ3v) is 3.64. The van der Waals surface area contributed by atoms with E-state index in [2.05, 4.69) is 31.2 Å². The Labute approximate surface area is 129 Å². The van der Waals surface area contributed by atoms with E-state index in [4.69, 9.17) is 0 Å². The molecule has 0 saturated carbocycles. The number of H-pyrrole nitrogens is 1. The summed E-state index contributed by atoms with van der Waals surface area (Å²) in [7, 11) is 0. The molecule has 0 radical (unpaired) electrons. The van der Waals surface area contributed by atoms with Gasteiger partial charge in [0.2, 0.25) is 0 Å². The molecule has 0 spiro atoms. The zero-order chi connectivity index (χ0) is 15.4. The number of rotatable bonds is 5. The van der Waals surface area contributed by atoms with Crippen molar-refractivity contribution in [3.8, 4) is 0 Å². The summed E-state index contributed by atoms with van der Waals surface area (Å²) in [5.74, 6) is -1.53. The van der Waals surface area contributed by atoms with Gasteiger partial charge in [-0.15, -0.1) is 0 Å². The first-order valence-electron chi connectivity index (χ1n) is 6.24. The van der Waals surface area contributed by atoms with Crippen LogP contribution in [0.3, 0.4) is 0 Å². The van der Waals surface area contributed by atoms with Crippen LogP contribution in [0.2, 0.25) is 0 Å². The van der Waals surface area contributed by atoms with Gasteiger partial charge in [-0.3, -0.25) is 4.79 Å². The molecular weight excluding hydrogens is 338 g/mol. The summed E-state index contributed by atoms with van der Waals surface area (Å²) in [5.41, 5.74) is 1.97. The van der Waals surface area contributed by atoms with E-state index in [0.717, 1.165) is 5.56 Å². The Bertz CT molecular complexity index is 655. The molecule has 0 aliphatic carbocycles. The molecule has 1 aromatic carbocycles. The fourth-order valence-electron chi connectivity index (χ4n) is 1.87. The van der Waals surface area contributed by atoms with Crippen molar-refractivity contribution in [3.05, 3.63) is 52.0 Å². The Kier molecular flexibility index (Phi) is 4.74. The Morgan fingerprint density at radius 1 is 1.48 bits per heavy atom. The summed E-state index contributed by atoms with van der Waals surface area (Å²) in [5, 5.41) is 11.8. The number of nitrogens with one attached hydrogen (secondary N) is 2. The Balaban J connectivity index is 2.14. The molecule has 0 fully saturated rings. The molecule has 1 atom stereocenters. The number of carboxylic acid groups (broad SMARTS) is 1. The van der Waals surface area contributed by atoms with Crippen molar-refractivity contribution in [1.29, 1.82) is 0 Å². The van der Waals surface area contributed by atoms with Gasteiger partial charge >= 0.3 is 5.97 Å². The molecule has 2 aromatic rings. The van der Waals surface area contributed by atoms with Crippen molar-refractivity contribution in [1.82, 2.24) is 15.3 Å². The predicted molar refractivity (Wildman–Crippen MR) is 80.1 cm³/mol. The standard InChI is InChI=1S/C14H14BrN3O3/c1-8-2-3-11(15)10(4-8)13(19)18-12(14(20)21)5-9-6-16-7-17-9/h2-4,6-7,12H,5H2,1H3,(H,16,17)(H,18,19)(H,20,21). The van der Waals surface area contributed by atoms with Crippen LogP contribution < -0.4 is 5.32 Å². The summed E-state index contributed by atoms with van der Waals surface area (Å²) in [6, 6.07) is 4.30.